The van der Waals surface area contributed by atoms with Crippen LogP contribution in [0.25, 0.3) is 10.8 Å². The molecule has 1 aliphatic heterocycles. The van der Waals surface area contributed by atoms with Crippen LogP contribution in [0.5, 0.6) is 5.88 Å². The lowest BCUT2D eigenvalue weighted by Gasteiger charge is -2.33. The summed E-state index contributed by atoms with van der Waals surface area (Å²) in [6.45, 7) is 5.71. The summed E-state index contributed by atoms with van der Waals surface area (Å²) < 4.78 is 5.21. The van der Waals surface area contributed by atoms with Gasteiger partial charge in [-0.1, -0.05) is 0 Å². The molecule has 8 nitrogen and oxygen atoms in total. The second-order valence-corrected chi connectivity index (χ2v) is 7.17. The molecule has 1 fully saturated rings. The molecule has 0 saturated carbocycles. The smallest absolute Gasteiger partial charge is 0.255 e. The van der Waals surface area contributed by atoms with Crippen molar-refractivity contribution in [1.82, 2.24) is 20.1 Å². The summed E-state index contributed by atoms with van der Waals surface area (Å²) in [6, 6.07) is 9.16. The number of nitrogens with zero attached hydrogens (tertiary/aromatic N) is 5. The number of carbonyl (C=O) groups is 1. The van der Waals surface area contributed by atoms with Gasteiger partial charge >= 0.3 is 0 Å². The molecule has 1 aromatic carbocycles. The minimum absolute atomic E-state index is 0.226. The number of aryl methyl sites for hydroxylation is 1. The number of anilines is 2. The molecule has 0 bridgehead atoms. The molecule has 29 heavy (non-hydrogen) atoms. The lowest BCUT2D eigenvalue weighted by Crippen LogP contribution is -2.45. The molecule has 3 heterocycles. The fourth-order valence-electron chi connectivity index (χ4n) is 3.50. The van der Waals surface area contributed by atoms with E-state index < -0.39 is 0 Å². The summed E-state index contributed by atoms with van der Waals surface area (Å²) in [4.78, 5) is 21.5. The Hall–Kier alpha value is -3.26. The standard InChI is InChI=1S/C21H24N6O2/c1-14-17-13-15(20(28)23-18-5-4-8-22-21(18)29-3)6-7-16(17)19(25-24-14)27-11-9-26(2)10-12-27/h4-8,13H,9-12H2,1-3H3,(H,23,28). The molecule has 1 N–H and O–H groups in total. The Labute approximate surface area is 169 Å². The summed E-state index contributed by atoms with van der Waals surface area (Å²) in [5, 5.41) is 13.6. The molecule has 1 aliphatic rings. The molecule has 0 radical (unpaired) electrons. The number of piperazine rings is 1. The van der Waals surface area contributed by atoms with Gasteiger partial charge < -0.3 is 19.9 Å². The molecule has 4 rings (SSSR count). The van der Waals surface area contributed by atoms with Crippen LogP contribution in [0.2, 0.25) is 0 Å². The normalized spacial score (nSPS) is 14.8. The van der Waals surface area contributed by atoms with E-state index in [0.29, 0.717) is 17.1 Å². The maximum absolute atomic E-state index is 12.8. The van der Waals surface area contributed by atoms with Gasteiger partial charge in [0.1, 0.15) is 5.69 Å². The number of aromatic nitrogens is 3. The summed E-state index contributed by atoms with van der Waals surface area (Å²) >= 11 is 0. The highest BCUT2D eigenvalue weighted by molar-refractivity contribution is 6.08. The largest absolute Gasteiger partial charge is 0.480 e. The van der Waals surface area contributed by atoms with E-state index in [-0.39, 0.29) is 5.91 Å². The number of likely N-dealkylation sites (N-methyl/N-ethyl adjacent to an activating group) is 1. The van der Waals surface area contributed by atoms with Gasteiger partial charge in [-0.2, -0.15) is 5.10 Å². The minimum Gasteiger partial charge on any atom is -0.480 e. The number of nitrogens with one attached hydrogen (secondary N) is 1. The number of pyridine rings is 1. The number of methoxy groups -OCH3 is 1. The fourth-order valence-corrected chi connectivity index (χ4v) is 3.50. The second kappa shape index (κ2) is 8.00. The van der Waals surface area contributed by atoms with Crippen LogP contribution in [-0.4, -0.2) is 66.3 Å². The highest BCUT2D eigenvalue weighted by Gasteiger charge is 2.20. The van der Waals surface area contributed by atoms with Crippen LogP contribution in [-0.2, 0) is 0 Å². The van der Waals surface area contributed by atoms with Crippen LogP contribution in [0, 0.1) is 6.92 Å². The summed E-state index contributed by atoms with van der Waals surface area (Å²) in [6.07, 6.45) is 1.62. The molecule has 0 spiro atoms. The Kier molecular flexibility index (Phi) is 5.26. The fraction of sp³-hybridized carbons (Fsp3) is 0.333. The van der Waals surface area contributed by atoms with E-state index in [2.05, 4.69) is 37.3 Å². The first kappa shape index (κ1) is 19.1. The molecule has 0 unspecified atom stereocenters. The van der Waals surface area contributed by atoms with E-state index in [1.807, 2.05) is 25.1 Å². The Bertz CT molecular complexity index is 1050. The van der Waals surface area contributed by atoms with Crippen LogP contribution in [0.1, 0.15) is 16.1 Å². The van der Waals surface area contributed by atoms with E-state index in [1.165, 1.54) is 7.11 Å². The van der Waals surface area contributed by atoms with Crippen LogP contribution in [0.3, 0.4) is 0 Å². The van der Waals surface area contributed by atoms with Crippen LogP contribution in [0.15, 0.2) is 36.5 Å². The third-order valence-electron chi connectivity index (χ3n) is 5.22. The first-order valence-corrected chi connectivity index (χ1v) is 9.57. The molecule has 0 aliphatic carbocycles. The van der Waals surface area contributed by atoms with Crippen molar-refractivity contribution in [2.24, 2.45) is 0 Å². The van der Waals surface area contributed by atoms with Crippen molar-refractivity contribution in [3.05, 3.63) is 47.8 Å². The number of rotatable bonds is 4. The van der Waals surface area contributed by atoms with Gasteiger partial charge in [0, 0.05) is 48.7 Å². The first-order chi connectivity index (χ1) is 14.1. The lowest BCUT2D eigenvalue weighted by molar-refractivity contribution is 0.102. The third-order valence-corrected chi connectivity index (χ3v) is 5.22. The third kappa shape index (κ3) is 3.84. The van der Waals surface area contributed by atoms with Gasteiger partial charge in [-0.3, -0.25) is 4.79 Å². The number of fused-ring (bicyclic) bond motifs is 1. The van der Waals surface area contributed by atoms with Crippen molar-refractivity contribution in [1.29, 1.82) is 0 Å². The van der Waals surface area contributed by atoms with E-state index in [0.717, 1.165) is 48.5 Å². The summed E-state index contributed by atoms with van der Waals surface area (Å²) in [5.41, 5.74) is 1.87. The van der Waals surface area contributed by atoms with Crippen LogP contribution < -0.4 is 15.0 Å². The van der Waals surface area contributed by atoms with Crippen molar-refractivity contribution in [2.45, 2.75) is 6.92 Å². The maximum Gasteiger partial charge on any atom is 0.255 e. The van der Waals surface area contributed by atoms with Gasteiger partial charge in [-0.25, -0.2) is 4.98 Å². The Morgan fingerprint density at radius 2 is 1.90 bits per heavy atom. The maximum atomic E-state index is 12.8. The zero-order valence-corrected chi connectivity index (χ0v) is 16.8. The van der Waals surface area contributed by atoms with Gasteiger partial charge in [0.05, 0.1) is 12.8 Å². The van der Waals surface area contributed by atoms with E-state index >= 15 is 0 Å². The van der Waals surface area contributed by atoms with Crippen molar-refractivity contribution in [3.63, 3.8) is 0 Å². The number of ether oxygens (including phenoxy) is 1. The molecule has 150 valence electrons. The number of amides is 1. The molecule has 3 aromatic rings. The zero-order valence-electron chi connectivity index (χ0n) is 16.8. The van der Waals surface area contributed by atoms with Gasteiger partial charge in [-0.15, -0.1) is 5.10 Å². The minimum atomic E-state index is -0.226. The van der Waals surface area contributed by atoms with Crippen LogP contribution in [0.4, 0.5) is 11.5 Å². The van der Waals surface area contributed by atoms with Gasteiger partial charge in [0.15, 0.2) is 5.82 Å². The van der Waals surface area contributed by atoms with Gasteiger partial charge in [0.25, 0.3) is 5.91 Å². The Morgan fingerprint density at radius 1 is 1.10 bits per heavy atom. The van der Waals surface area contributed by atoms with Crippen molar-refractivity contribution in [2.75, 3.05) is 50.6 Å². The highest BCUT2D eigenvalue weighted by atomic mass is 16.5. The van der Waals surface area contributed by atoms with E-state index in [1.54, 1.807) is 18.3 Å². The molecule has 0 atom stereocenters. The summed E-state index contributed by atoms with van der Waals surface area (Å²) in [5.74, 6) is 1.02. The summed E-state index contributed by atoms with van der Waals surface area (Å²) in [7, 11) is 3.65. The number of hydrogen-bond donors (Lipinski definition) is 1. The van der Waals surface area contributed by atoms with Gasteiger partial charge in [0.2, 0.25) is 5.88 Å². The molecular weight excluding hydrogens is 368 g/mol. The second-order valence-electron chi connectivity index (χ2n) is 7.17. The van der Waals surface area contributed by atoms with Crippen LogP contribution >= 0.6 is 0 Å². The number of hydrogen-bond acceptors (Lipinski definition) is 7. The molecule has 2 aromatic heterocycles. The van der Waals surface area contributed by atoms with Crippen molar-refractivity contribution < 1.29 is 9.53 Å². The number of carbonyl (C=O) groups excluding carboxylic acids is 1. The molecule has 1 amide bonds. The number of benzene rings is 1. The highest BCUT2D eigenvalue weighted by Crippen LogP contribution is 2.28. The topological polar surface area (TPSA) is 83.5 Å². The monoisotopic (exact) mass is 392 g/mol. The Morgan fingerprint density at radius 3 is 2.66 bits per heavy atom. The predicted octanol–water partition coefficient (Wildman–Crippen LogP) is 2.35. The van der Waals surface area contributed by atoms with Crippen molar-refractivity contribution >= 4 is 28.2 Å². The SMILES string of the molecule is COc1ncccc1NC(=O)c1ccc2c(N3CCN(C)CC3)nnc(C)c2c1. The molecular formula is C21H24N6O2. The Balaban J connectivity index is 1.65. The predicted molar refractivity (Wildman–Crippen MR) is 113 cm³/mol. The lowest BCUT2D eigenvalue weighted by atomic mass is 10.1. The zero-order chi connectivity index (χ0) is 20.4. The van der Waals surface area contributed by atoms with E-state index in [4.69, 9.17) is 4.74 Å². The van der Waals surface area contributed by atoms with E-state index in [9.17, 15) is 4.79 Å². The average molecular weight is 392 g/mol. The first-order valence-electron chi connectivity index (χ1n) is 9.57. The average Bonchev–Trinajstić information content (AvgIpc) is 2.75. The van der Waals surface area contributed by atoms with Gasteiger partial charge in [-0.05, 0) is 44.3 Å². The quantitative estimate of drug-likeness (QED) is 0.730. The molecule has 1 saturated heterocycles. The van der Waals surface area contributed by atoms with Crippen molar-refractivity contribution in [3.8, 4) is 5.88 Å². The molecule has 8 heteroatoms.